The van der Waals surface area contributed by atoms with E-state index in [1.807, 2.05) is 0 Å². The van der Waals surface area contributed by atoms with Gasteiger partial charge >= 0.3 is 5.97 Å². The molecule has 1 unspecified atom stereocenters. The van der Waals surface area contributed by atoms with E-state index in [4.69, 9.17) is 17.0 Å². The average Bonchev–Trinajstić information content (AvgIpc) is 2.69. The fourth-order valence-corrected chi connectivity index (χ4v) is 3.31. The summed E-state index contributed by atoms with van der Waals surface area (Å²) in [7, 11) is 0. The van der Waals surface area contributed by atoms with Crippen molar-refractivity contribution in [1.29, 1.82) is 0 Å². The van der Waals surface area contributed by atoms with Crippen LogP contribution in [0.25, 0.3) is 0 Å². The topological polar surface area (TPSA) is 96.9 Å². The molecule has 0 saturated carbocycles. The molecule has 2 heterocycles. The van der Waals surface area contributed by atoms with Crippen LogP contribution in [0.5, 0.6) is 0 Å². The van der Waals surface area contributed by atoms with Crippen LogP contribution in [0.1, 0.15) is 13.3 Å². The minimum absolute atomic E-state index is 0.0840. The molecule has 29 heavy (non-hydrogen) atoms. The first kappa shape index (κ1) is 20.3. The number of esters is 1. The second kappa shape index (κ2) is 8.70. The molecule has 1 saturated heterocycles. The fraction of sp³-hybridized carbons (Fsp3) is 0.200. The van der Waals surface area contributed by atoms with E-state index in [1.165, 1.54) is 12.4 Å². The van der Waals surface area contributed by atoms with Crippen LogP contribution < -0.4 is 9.80 Å². The van der Waals surface area contributed by atoms with E-state index in [0.717, 1.165) is 9.80 Å². The number of aromatic nitrogens is 1. The number of nitrogens with zero attached hydrogens (tertiary/aromatic N) is 3. The highest BCUT2D eigenvalue weighted by atomic mass is 32.1. The van der Waals surface area contributed by atoms with Crippen molar-refractivity contribution in [2.75, 3.05) is 16.4 Å². The summed E-state index contributed by atoms with van der Waals surface area (Å²) in [5.41, 5.74) is 0.711. The number of carbonyl (C=O) groups is 4. The van der Waals surface area contributed by atoms with Gasteiger partial charge in [0.25, 0.3) is 11.8 Å². The summed E-state index contributed by atoms with van der Waals surface area (Å²) in [6.07, 6.45) is 2.23. The maximum atomic E-state index is 13.1. The Morgan fingerprint density at radius 1 is 1.03 bits per heavy atom. The van der Waals surface area contributed by atoms with Crippen molar-refractivity contribution in [2.45, 2.75) is 13.3 Å². The quantitative estimate of drug-likeness (QED) is 0.407. The van der Waals surface area contributed by atoms with Crippen molar-refractivity contribution in [3.05, 3.63) is 54.9 Å². The lowest BCUT2D eigenvalue weighted by Crippen LogP contribution is -2.62. The number of amides is 2. The molecule has 148 valence electrons. The number of ketones is 1. The molecule has 1 fully saturated rings. The molecule has 1 aromatic heterocycles. The molecule has 0 bridgehead atoms. The standard InChI is InChI=1S/C20H17N3O5S/c1-2-28-16(25)11-15(24)17-18(26)22(13-7-4-3-5-8-13)20(29)23(19(17)27)14-9-6-10-21-12-14/h3-10,12,17H,2,11H2,1H3. The number of para-hydroxylation sites is 1. The molecule has 0 aliphatic carbocycles. The van der Waals surface area contributed by atoms with Crippen molar-refractivity contribution < 1.29 is 23.9 Å². The van der Waals surface area contributed by atoms with Crippen LogP contribution in [0.3, 0.4) is 0 Å². The van der Waals surface area contributed by atoms with E-state index in [2.05, 4.69) is 4.98 Å². The van der Waals surface area contributed by atoms with Crippen LogP contribution in [0.2, 0.25) is 0 Å². The van der Waals surface area contributed by atoms with Gasteiger partial charge in [-0.15, -0.1) is 0 Å². The zero-order valence-corrected chi connectivity index (χ0v) is 16.3. The zero-order chi connectivity index (χ0) is 21.0. The van der Waals surface area contributed by atoms with Crippen LogP contribution in [0, 0.1) is 5.92 Å². The molecule has 2 aromatic rings. The van der Waals surface area contributed by atoms with Crippen molar-refractivity contribution >= 4 is 52.3 Å². The third-order valence-electron chi connectivity index (χ3n) is 4.18. The van der Waals surface area contributed by atoms with Gasteiger partial charge < -0.3 is 4.74 Å². The van der Waals surface area contributed by atoms with E-state index in [9.17, 15) is 19.2 Å². The molecule has 1 aliphatic heterocycles. The summed E-state index contributed by atoms with van der Waals surface area (Å²) >= 11 is 5.42. The zero-order valence-electron chi connectivity index (χ0n) is 15.5. The van der Waals surface area contributed by atoms with Crippen LogP contribution in [-0.4, -0.2) is 40.3 Å². The van der Waals surface area contributed by atoms with Gasteiger partial charge in [-0.25, -0.2) is 0 Å². The summed E-state index contributed by atoms with van der Waals surface area (Å²) < 4.78 is 4.77. The molecule has 0 radical (unpaired) electrons. The van der Waals surface area contributed by atoms with Crippen LogP contribution in [-0.2, 0) is 23.9 Å². The van der Waals surface area contributed by atoms with Crippen molar-refractivity contribution in [2.24, 2.45) is 5.92 Å². The highest BCUT2D eigenvalue weighted by Gasteiger charge is 2.49. The van der Waals surface area contributed by atoms with Crippen molar-refractivity contribution in [3.8, 4) is 0 Å². The molecule has 2 amide bonds. The van der Waals surface area contributed by atoms with Crippen molar-refractivity contribution in [1.82, 2.24) is 4.98 Å². The van der Waals surface area contributed by atoms with Gasteiger partial charge in [0.1, 0.15) is 6.42 Å². The van der Waals surface area contributed by atoms with Crippen molar-refractivity contribution in [3.63, 3.8) is 0 Å². The number of hydrogen-bond acceptors (Lipinski definition) is 7. The van der Waals surface area contributed by atoms with Gasteiger partial charge in [0, 0.05) is 6.20 Å². The Hall–Kier alpha value is -3.46. The van der Waals surface area contributed by atoms with Gasteiger partial charge in [-0.05, 0) is 43.4 Å². The molecular formula is C20H17N3O5S. The number of benzene rings is 1. The van der Waals surface area contributed by atoms with Gasteiger partial charge in [-0.3, -0.25) is 34.0 Å². The van der Waals surface area contributed by atoms with E-state index in [-0.39, 0.29) is 11.7 Å². The van der Waals surface area contributed by atoms with E-state index >= 15 is 0 Å². The fourth-order valence-electron chi connectivity index (χ4n) is 2.92. The Morgan fingerprint density at radius 3 is 2.24 bits per heavy atom. The summed E-state index contributed by atoms with van der Waals surface area (Å²) in [6.45, 7) is 1.68. The molecule has 3 rings (SSSR count). The second-order valence-electron chi connectivity index (χ2n) is 6.06. The lowest BCUT2D eigenvalue weighted by molar-refractivity contribution is -0.147. The maximum absolute atomic E-state index is 13.1. The third-order valence-corrected chi connectivity index (χ3v) is 4.55. The van der Waals surface area contributed by atoms with Gasteiger partial charge in [0.2, 0.25) is 0 Å². The Labute approximate surface area is 172 Å². The second-order valence-corrected chi connectivity index (χ2v) is 6.42. The molecule has 9 heteroatoms. The average molecular weight is 411 g/mol. The number of anilines is 2. The number of carbonyl (C=O) groups excluding carboxylic acids is 4. The molecule has 1 atom stereocenters. The Kier molecular flexibility index (Phi) is 6.08. The molecular weight excluding hydrogens is 394 g/mol. The SMILES string of the molecule is CCOC(=O)CC(=O)C1C(=O)N(c2ccccc2)C(=S)N(c2cccnc2)C1=O. The lowest BCUT2D eigenvalue weighted by atomic mass is 9.95. The summed E-state index contributed by atoms with van der Waals surface area (Å²) in [5, 5.41) is -0.0978. The Balaban J connectivity index is 2.04. The lowest BCUT2D eigenvalue weighted by Gasteiger charge is -2.38. The minimum atomic E-state index is -1.72. The number of Topliss-reactive ketones (excluding diaryl/α,β-unsaturated/α-hetero) is 1. The normalized spacial score (nSPS) is 16.7. The first-order valence-electron chi connectivity index (χ1n) is 8.81. The molecule has 8 nitrogen and oxygen atoms in total. The summed E-state index contributed by atoms with van der Waals surface area (Å²) in [6, 6.07) is 11.6. The molecule has 1 aliphatic rings. The molecule has 0 N–H and O–H groups in total. The molecule has 0 spiro atoms. The predicted octanol–water partition coefficient (Wildman–Crippen LogP) is 1.88. The smallest absolute Gasteiger partial charge is 0.313 e. The Morgan fingerprint density at radius 2 is 1.66 bits per heavy atom. The first-order chi connectivity index (χ1) is 14.0. The first-order valence-corrected chi connectivity index (χ1v) is 9.21. The van der Waals surface area contributed by atoms with Gasteiger partial charge in [0.15, 0.2) is 16.8 Å². The number of hydrogen-bond donors (Lipinski definition) is 0. The third kappa shape index (κ3) is 4.04. The highest BCUT2D eigenvalue weighted by Crippen LogP contribution is 2.29. The summed E-state index contributed by atoms with van der Waals surface area (Å²) in [4.78, 5) is 56.8. The number of thiocarbonyl (C=S) groups is 1. The van der Waals surface area contributed by atoms with E-state index in [1.54, 1.807) is 49.4 Å². The largest absolute Gasteiger partial charge is 0.466 e. The summed E-state index contributed by atoms with van der Waals surface area (Å²) in [5.74, 6) is -5.00. The van der Waals surface area contributed by atoms with E-state index < -0.39 is 35.9 Å². The highest BCUT2D eigenvalue weighted by molar-refractivity contribution is 7.81. The van der Waals surface area contributed by atoms with Gasteiger partial charge in [-0.2, -0.15) is 0 Å². The number of rotatable bonds is 6. The number of ether oxygens (including phenoxy) is 1. The predicted molar refractivity (Wildman–Crippen MR) is 108 cm³/mol. The van der Waals surface area contributed by atoms with Gasteiger partial charge in [-0.1, -0.05) is 18.2 Å². The molecule has 1 aromatic carbocycles. The van der Waals surface area contributed by atoms with E-state index in [0.29, 0.717) is 11.4 Å². The Bertz CT molecular complexity index is 903. The minimum Gasteiger partial charge on any atom is -0.466 e. The van der Waals surface area contributed by atoms with Crippen LogP contribution in [0.15, 0.2) is 54.9 Å². The van der Waals surface area contributed by atoms with Gasteiger partial charge in [0.05, 0.1) is 24.2 Å². The van der Waals surface area contributed by atoms with Crippen LogP contribution in [0.4, 0.5) is 11.4 Å². The maximum Gasteiger partial charge on any atom is 0.313 e. The van der Waals surface area contributed by atoms with Crippen LogP contribution >= 0.6 is 12.2 Å². The monoisotopic (exact) mass is 411 g/mol. The number of pyridine rings is 1.